The lowest BCUT2D eigenvalue weighted by molar-refractivity contribution is -0.113. The second-order valence-corrected chi connectivity index (χ2v) is 9.10. The number of carbonyl (C=O) groups excluding carboxylic acids is 1. The number of thioether (sulfide) groups is 1. The van der Waals surface area contributed by atoms with Crippen LogP contribution in [0.1, 0.15) is 11.1 Å². The summed E-state index contributed by atoms with van der Waals surface area (Å²) in [6.45, 7) is 3.92. The monoisotopic (exact) mass is 455 g/mol. The van der Waals surface area contributed by atoms with Crippen LogP contribution < -0.4 is 10.9 Å². The number of hydrogen-bond acceptors (Lipinski definition) is 5. The summed E-state index contributed by atoms with van der Waals surface area (Å²) in [4.78, 5) is 32.9. The van der Waals surface area contributed by atoms with Crippen molar-refractivity contribution in [3.05, 3.63) is 74.3 Å². The number of aromatic nitrogens is 2. The molecule has 0 saturated carbocycles. The van der Waals surface area contributed by atoms with Gasteiger partial charge in [0.15, 0.2) is 5.16 Å². The zero-order chi connectivity index (χ0) is 21.3. The molecular weight excluding hydrogens is 438 g/mol. The van der Waals surface area contributed by atoms with Crippen LogP contribution in [0.4, 0.5) is 5.69 Å². The van der Waals surface area contributed by atoms with Gasteiger partial charge in [-0.3, -0.25) is 9.59 Å². The number of anilines is 1. The lowest BCUT2D eigenvalue weighted by Gasteiger charge is -2.07. The van der Waals surface area contributed by atoms with E-state index >= 15 is 0 Å². The summed E-state index contributed by atoms with van der Waals surface area (Å²) in [5, 5.41) is 6.34. The number of nitrogens with zero attached hydrogens (tertiary/aromatic N) is 1. The number of rotatable bonds is 5. The van der Waals surface area contributed by atoms with Crippen molar-refractivity contribution in [3.63, 3.8) is 0 Å². The minimum Gasteiger partial charge on any atom is -0.325 e. The van der Waals surface area contributed by atoms with Crippen molar-refractivity contribution in [1.82, 2.24) is 9.97 Å². The topological polar surface area (TPSA) is 74.8 Å². The summed E-state index contributed by atoms with van der Waals surface area (Å²) in [5.74, 6) is -0.0787. The van der Waals surface area contributed by atoms with Crippen LogP contribution in [0.3, 0.4) is 0 Å². The molecule has 0 atom stereocenters. The predicted octanol–water partition coefficient (Wildman–Crippen LogP) is 5.65. The smallest absolute Gasteiger partial charge is 0.260 e. The van der Waals surface area contributed by atoms with Crippen LogP contribution in [0, 0.1) is 13.8 Å². The quantitative estimate of drug-likeness (QED) is 0.301. The van der Waals surface area contributed by atoms with Gasteiger partial charge in [0.25, 0.3) is 5.56 Å². The third-order valence-corrected chi connectivity index (χ3v) is 6.73. The van der Waals surface area contributed by atoms with Crippen molar-refractivity contribution in [3.8, 4) is 11.1 Å². The van der Waals surface area contributed by atoms with Crippen LogP contribution in [0.2, 0.25) is 5.02 Å². The number of benzene rings is 2. The van der Waals surface area contributed by atoms with Gasteiger partial charge in [-0.2, -0.15) is 0 Å². The molecule has 0 saturated heterocycles. The Labute approximate surface area is 186 Å². The van der Waals surface area contributed by atoms with E-state index in [-0.39, 0.29) is 17.2 Å². The SMILES string of the molecule is Cc1ccc(-c2csc3nc(SCC(=O)Nc4ccc(C)c(Cl)c4)[nH]c(=O)c23)cc1. The molecule has 0 aliphatic rings. The molecule has 0 spiro atoms. The number of aromatic amines is 1. The fraction of sp³-hybridized carbons (Fsp3) is 0.136. The molecular formula is C22H18ClN3O2S2. The first-order valence-electron chi connectivity index (χ1n) is 9.18. The van der Waals surface area contributed by atoms with E-state index in [9.17, 15) is 9.59 Å². The van der Waals surface area contributed by atoms with E-state index in [0.717, 1.165) is 22.3 Å². The van der Waals surface area contributed by atoms with Crippen LogP contribution >= 0.6 is 34.7 Å². The van der Waals surface area contributed by atoms with Crippen molar-refractivity contribution >= 4 is 56.5 Å². The molecule has 5 nitrogen and oxygen atoms in total. The average Bonchev–Trinajstić information content (AvgIpc) is 3.14. The maximum atomic E-state index is 12.7. The highest BCUT2D eigenvalue weighted by Crippen LogP contribution is 2.31. The molecule has 0 aliphatic carbocycles. The summed E-state index contributed by atoms with van der Waals surface area (Å²) >= 11 is 8.70. The summed E-state index contributed by atoms with van der Waals surface area (Å²) in [7, 11) is 0. The van der Waals surface area contributed by atoms with Crippen LogP contribution in [-0.2, 0) is 4.79 Å². The minimum absolute atomic E-state index is 0.121. The van der Waals surface area contributed by atoms with E-state index in [2.05, 4.69) is 15.3 Å². The first-order chi connectivity index (χ1) is 14.4. The van der Waals surface area contributed by atoms with E-state index in [0.29, 0.717) is 26.1 Å². The molecule has 30 heavy (non-hydrogen) atoms. The van der Waals surface area contributed by atoms with Crippen molar-refractivity contribution < 1.29 is 4.79 Å². The highest BCUT2D eigenvalue weighted by Gasteiger charge is 2.14. The molecule has 8 heteroatoms. The maximum Gasteiger partial charge on any atom is 0.260 e. The first-order valence-corrected chi connectivity index (χ1v) is 11.4. The molecule has 2 N–H and O–H groups in total. The predicted molar refractivity (Wildman–Crippen MR) is 126 cm³/mol. The summed E-state index contributed by atoms with van der Waals surface area (Å²) in [5.41, 5.74) is 4.39. The van der Waals surface area contributed by atoms with Gasteiger partial charge >= 0.3 is 0 Å². The number of halogens is 1. The minimum atomic E-state index is -0.204. The van der Waals surface area contributed by atoms with Gasteiger partial charge < -0.3 is 10.3 Å². The molecule has 2 heterocycles. The van der Waals surface area contributed by atoms with Gasteiger partial charge in [0, 0.05) is 21.7 Å². The summed E-state index contributed by atoms with van der Waals surface area (Å²) < 4.78 is 0. The molecule has 4 rings (SSSR count). The average molecular weight is 456 g/mol. The second kappa shape index (κ2) is 8.63. The fourth-order valence-corrected chi connectivity index (χ4v) is 4.79. The van der Waals surface area contributed by atoms with Crippen molar-refractivity contribution in [2.75, 3.05) is 11.1 Å². The summed E-state index contributed by atoms with van der Waals surface area (Å²) in [6, 6.07) is 13.4. The van der Waals surface area contributed by atoms with Crippen LogP contribution in [0.5, 0.6) is 0 Å². The van der Waals surface area contributed by atoms with Crippen LogP contribution in [0.15, 0.2) is 57.8 Å². The molecule has 1 amide bonds. The normalized spacial score (nSPS) is 11.0. The lowest BCUT2D eigenvalue weighted by atomic mass is 10.1. The Hall–Kier alpha value is -2.61. The van der Waals surface area contributed by atoms with Crippen molar-refractivity contribution in [2.24, 2.45) is 0 Å². The van der Waals surface area contributed by atoms with Crippen LogP contribution in [-0.4, -0.2) is 21.6 Å². The zero-order valence-corrected chi connectivity index (χ0v) is 18.7. The van der Waals surface area contributed by atoms with E-state index in [1.807, 2.05) is 49.6 Å². The third kappa shape index (κ3) is 4.43. The first kappa shape index (κ1) is 20.7. The Morgan fingerprint density at radius 3 is 2.70 bits per heavy atom. The number of H-pyrrole nitrogens is 1. The number of nitrogens with one attached hydrogen (secondary N) is 2. The van der Waals surface area contributed by atoms with Gasteiger partial charge in [-0.1, -0.05) is 59.3 Å². The molecule has 2 aromatic heterocycles. The number of amides is 1. The van der Waals surface area contributed by atoms with Gasteiger partial charge in [-0.25, -0.2) is 4.98 Å². The number of fused-ring (bicyclic) bond motifs is 1. The van der Waals surface area contributed by atoms with E-state index in [4.69, 9.17) is 11.6 Å². The Morgan fingerprint density at radius 1 is 1.20 bits per heavy atom. The second-order valence-electron chi connectivity index (χ2n) is 6.87. The fourth-order valence-electron chi connectivity index (χ4n) is 2.94. The number of carbonyl (C=O) groups is 1. The Bertz CT molecular complexity index is 1300. The Morgan fingerprint density at radius 2 is 1.97 bits per heavy atom. The molecule has 2 aromatic carbocycles. The molecule has 0 bridgehead atoms. The third-order valence-electron chi connectivity index (χ3n) is 4.58. The van der Waals surface area contributed by atoms with E-state index in [1.165, 1.54) is 23.1 Å². The zero-order valence-electron chi connectivity index (χ0n) is 16.3. The standard InChI is InChI=1S/C22H18ClN3O2S2/c1-12-3-6-14(7-4-12)16-10-29-21-19(16)20(28)25-22(26-21)30-11-18(27)24-15-8-5-13(2)17(23)9-15/h3-10H,11H2,1-2H3,(H,24,27)(H,25,26,28). The Balaban J connectivity index is 1.50. The largest absolute Gasteiger partial charge is 0.325 e. The van der Waals surface area contributed by atoms with E-state index < -0.39 is 0 Å². The number of hydrogen-bond donors (Lipinski definition) is 2. The van der Waals surface area contributed by atoms with E-state index in [1.54, 1.807) is 12.1 Å². The van der Waals surface area contributed by atoms with Crippen molar-refractivity contribution in [1.29, 1.82) is 0 Å². The number of thiophene rings is 1. The molecule has 0 aliphatic heterocycles. The van der Waals surface area contributed by atoms with Crippen molar-refractivity contribution in [2.45, 2.75) is 19.0 Å². The van der Waals surface area contributed by atoms with Gasteiger partial charge in [0.1, 0.15) is 4.83 Å². The maximum absolute atomic E-state index is 12.7. The molecule has 4 aromatic rings. The van der Waals surface area contributed by atoms with Crippen LogP contribution in [0.25, 0.3) is 21.3 Å². The van der Waals surface area contributed by atoms with Gasteiger partial charge in [0.05, 0.1) is 11.1 Å². The molecule has 0 fully saturated rings. The Kier molecular flexibility index (Phi) is 5.94. The van der Waals surface area contributed by atoms with Gasteiger partial charge in [-0.05, 0) is 37.1 Å². The molecule has 0 unspecified atom stereocenters. The summed E-state index contributed by atoms with van der Waals surface area (Å²) in [6.07, 6.45) is 0. The lowest BCUT2D eigenvalue weighted by Crippen LogP contribution is -2.15. The molecule has 152 valence electrons. The van der Waals surface area contributed by atoms with Gasteiger partial charge in [0.2, 0.25) is 5.91 Å². The van der Waals surface area contributed by atoms with Gasteiger partial charge in [-0.15, -0.1) is 11.3 Å². The highest BCUT2D eigenvalue weighted by atomic mass is 35.5. The highest BCUT2D eigenvalue weighted by molar-refractivity contribution is 7.99. The number of aryl methyl sites for hydroxylation is 2. The molecule has 0 radical (unpaired) electrons.